The van der Waals surface area contributed by atoms with Crippen LogP contribution in [-0.4, -0.2) is 12.0 Å². The van der Waals surface area contributed by atoms with Gasteiger partial charge in [-0.05, 0) is 23.8 Å². The molecule has 82 valence electrons. The van der Waals surface area contributed by atoms with Crippen molar-refractivity contribution in [1.29, 1.82) is 0 Å². The van der Waals surface area contributed by atoms with E-state index in [1.807, 2.05) is 0 Å². The molecule has 6 heteroatoms. The van der Waals surface area contributed by atoms with Crippen LogP contribution < -0.4 is 0 Å². The Hall–Kier alpha value is -1.10. The van der Waals surface area contributed by atoms with Crippen molar-refractivity contribution >= 4 is 17.4 Å². The van der Waals surface area contributed by atoms with Gasteiger partial charge in [-0.3, -0.25) is 4.79 Å². The maximum Gasteiger partial charge on any atom is 0.450 e. The molecule has 0 heterocycles. The van der Waals surface area contributed by atoms with Gasteiger partial charge in [-0.25, -0.2) is 4.39 Å². The normalized spacial score (nSPS) is 11.5. The number of rotatable bonds is 2. The summed E-state index contributed by atoms with van der Waals surface area (Å²) in [6, 6.07) is 2.91. The van der Waals surface area contributed by atoms with Crippen LogP contribution in [-0.2, 0) is 11.2 Å². The summed E-state index contributed by atoms with van der Waals surface area (Å²) >= 11 is 5.42. The van der Waals surface area contributed by atoms with E-state index < -0.39 is 24.2 Å². The van der Waals surface area contributed by atoms with Crippen molar-refractivity contribution in [1.82, 2.24) is 0 Å². The average molecular weight is 241 g/mol. The van der Waals surface area contributed by atoms with Crippen molar-refractivity contribution in [3.63, 3.8) is 0 Å². The van der Waals surface area contributed by atoms with Crippen molar-refractivity contribution in [2.45, 2.75) is 12.6 Å². The van der Waals surface area contributed by atoms with E-state index in [0.29, 0.717) is 0 Å². The molecular formula is C9H5ClF4O. The third-order valence-corrected chi connectivity index (χ3v) is 1.82. The molecule has 15 heavy (non-hydrogen) atoms. The molecule has 0 aliphatic carbocycles. The largest absolute Gasteiger partial charge is 0.450 e. The summed E-state index contributed by atoms with van der Waals surface area (Å²) in [5.74, 6) is -2.70. The maximum atomic E-state index is 12.7. The van der Waals surface area contributed by atoms with E-state index in [1.54, 1.807) is 0 Å². The van der Waals surface area contributed by atoms with Crippen LogP contribution in [0.3, 0.4) is 0 Å². The first-order valence-electron chi connectivity index (χ1n) is 3.84. The Morgan fingerprint density at radius 1 is 1.27 bits per heavy atom. The molecule has 0 atom stereocenters. The first-order valence-corrected chi connectivity index (χ1v) is 4.22. The zero-order valence-electron chi connectivity index (χ0n) is 7.24. The molecule has 0 aliphatic heterocycles. The minimum absolute atomic E-state index is 0.0417. The molecule has 1 aromatic carbocycles. The second-order valence-corrected chi connectivity index (χ2v) is 3.31. The highest BCUT2D eigenvalue weighted by Crippen LogP contribution is 2.21. The highest BCUT2D eigenvalue weighted by Gasteiger charge is 2.37. The lowest BCUT2D eigenvalue weighted by atomic mass is 10.1. The molecular weight excluding hydrogens is 236 g/mol. The van der Waals surface area contributed by atoms with Crippen molar-refractivity contribution in [2.75, 3.05) is 0 Å². The van der Waals surface area contributed by atoms with E-state index in [4.69, 9.17) is 11.6 Å². The van der Waals surface area contributed by atoms with E-state index in [0.717, 1.165) is 18.2 Å². The average Bonchev–Trinajstić information content (AvgIpc) is 1.99. The summed E-state index contributed by atoms with van der Waals surface area (Å²) in [4.78, 5) is 10.6. The lowest BCUT2D eigenvalue weighted by molar-refractivity contribution is -0.170. The summed E-state index contributed by atoms with van der Waals surface area (Å²) in [6.07, 6.45) is -5.81. The Morgan fingerprint density at radius 3 is 2.33 bits per heavy atom. The predicted octanol–water partition coefficient (Wildman–Crippen LogP) is 3.15. The summed E-state index contributed by atoms with van der Waals surface area (Å²) in [5.41, 5.74) is -0.0951. The summed E-state index contributed by atoms with van der Waals surface area (Å²) in [7, 11) is 0. The van der Waals surface area contributed by atoms with Crippen LogP contribution >= 0.6 is 11.6 Å². The molecule has 0 saturated heterocycles. The Labute approximate surface area is 87.7 Å². The van der Waals surface area contributed by atoms with Gasteiger partial charge in [0.25, 0.3) is 0 Å². The summed E-state index contributed by atoms with van der Waals surface area (Å²) in [6.45, 7) is 0. The standard InChI is InChI=1S/C9H5ClF4O/c10-6-1-5(2-7(11)4-6)3-8(15)9(12,13)14/h1-2,4H,3H2. The van der Waals surface area contributed by atoms with E-state index >= 15 is 0 Å². The first kappa shape index (κ1) is 12.0. The van der Waals surface area contributed by atoms with Gasteiger partial charge < -0.3 is 0 Å². The monoisotopic (exact) mass is 240 g/mol. The molecule has 0 bridgehead atoms. The molecule has 1 aromatic rings. The van der Waals surface area contributed by atoms with Gasteiger partial charge in [0, 0.05) is 11.4 Å². The van der Waals surface area contributed by atoms with E-state index in [1.165, 1.54) is 0 Å². The zero-order valence-corrected chi connectivity index (χ0v) is 7.99. The highest BCUT2D eigenvalue weighted by molar-refractivity contribution is 6.30. The predicted molar refractivity (Wildman–Crippen MR) is 46.2 cm³/mol. The number of alkyl halides is 3. The molecule has 1 rings (SSSR count). The molecule has 0 saturated carbocycles. The van der Waals surface area contributed by atoms with Crippen LogP contribution in [0.2, 0.25) is 5.02 Å². The highest BCUT2D eigenvalue weighted by atomic mass is 35.5. The zero-order chi connectivity index (χ0) is 11.6. The van der Waals surface area contributed by atoms with Gasteiger partial charge in [0.15, 0.2) is 0 Å². The van der Waals surface area contributed by atoms with Crippen LogP contribution in [0, 0.1) is 5.82 Å². The lowest BCUT2D eigenvalue weighted by Gasteiger charge is -2.05. The van der Waals surface area contributed by atoms with Gasteiger partial charge >= 0.3 is 6.18 Å². The SMILES string of the molecule is O=C(Cc1cc(F)cc(Cl)c1)C(F)(F)F. The fraction of sp³-hybridized carbons (Fsp3) is 0.222. The topological polar surface area (TPSA) is 17.1 Å². The number of halogens is 5. The maximum absolute atomic E-state index is 12.7. The molecule has 0 fully saturated rings. The van der Waals surface area contributed by atoms with Crippen molar-refractivity contribution in [2.24, 2.45) is 0 Å². The minimum Gasteiger partial charge on any atom is -0.289 e. The number of carbonyl (C=O) groups excluding carboxylic acids is 1. The minimum atomic E-state index is -4.90. The molecule has 0 amide bonds. The summed E-state index contributed by atoms with van der Waals surface area (Å²) in [5, 5.41) is -0.0417. The van der Waals surface area contributed by atoms with Crippen LogP contribution in [0.4, 0.5) is 17.6 Å². The quantitative estimate of drug-likeness (QED) is 0.726. The fourth-order valence-electron chi connectivity index (χ4n) is 0.999. The second-order valence-electron chi connectivity index (χ2n) is 2.88. The van der Waals surface area contributed by atoms with Gasteiger partial charge in [-0.1, -0.05) is 11.6 Å². The van der Waals surface area contributed by atoms with Crippen LogP contribution in [0.5, 0.6) is 0 Å². The third kappa shape index (κ3) is 3.51. The van der Waals surface area contributed by atoms with E-state index in [9.17, 15) is 22.4 Å². The molecule has 0 aliphatic rings. The number of ketones is 1. The number of Topliss-reactive ketones (excluding diaryl/α,β-unsaturated/α-hetero) is 1. The number of carbonyl (C=O) groups is 1. The van der Waals surface area contributed by atoms with Crippen molar-refractivity contribution < 1.29 is 22.4 Å². The Bertz CT molecular complexity index is 366. The van der Waals surface area contributed by atoms with Crippen molar-refractivity contribution in [3.8, 4) is 0 Å². The summed E-state index contributed by atoms with van der Waals surface area (Å²) < 4.78 is 48.3. The molecule has 0 radical (unpaired) electrons. The van der Waals surface area contributed by atoms with Gasteiger partial charge in [-0.15, -0.1) is 0 Å². The molecule has 0 unspecified atom stereocenters. The molecule has 0 spiro atoms. The fourth-order valence-corrected chi connectivity index (χ4v) is 1.24. The van der Waals surface area contributed by atoms with Crippen LogP contribution in [0.15, 0.2) is 18.2 Å². The number of benzene rings is 1. The molecule has 1 nitrogen and oxygen atoms in total. The first-order chi connectivity index (χ1) is 6.79. The number of hydrogen-bond donors (Lipinski definition) is 0. The molecule has 0 N–H and O–H groups in total. The smallest absolute Gasteiger partial charge is 0.289 e. The molecule has 0 aromatic heterocycles. The van der Waals surface area contributed by atoms with Crippen LogP contribution in [0.1, 0.15) is 5.56 Å². The van der Waals surface area contributed by atoms with E-state index in [-0.39, 0.29) is 10.6 Å². The Balaban J connectivity index is 2.86. The van der Waals surface area contributed by atoms with Crippen LogP contribution in [0.25, 0.3) is 0 Å². The van der Waals surface area contributed by atoms with Gasteiger partial charge in [0.1, 0.15) is 5.82 Å². The third-order valence-electron chi connectivity index (χ3n) is 1.60. The van der Waals surface area contributed by atoms with Crippen molar-refractivity contribution in [3.05, 3.63) is 34.6 Å². The Morgan fingerprint density at radius 2 is 1.87 bits per heavy atom. The Kier molecular flexibility index (Phi) is 3.34. The van der Waals surface area contributed by atoms with E-state index in [2.05, 4.69) is 0 Å². The van der Waals surface area contributed by atoms with Gasteiger partial charge in [-0.2, -0.15) is 13.2 Å². The lowest BCUT2D eigenvalue weighted by Crippen LogP contribution is -2.24. The second kappa shape index (κ2) is 4.18. The van der Waals surface area contributed by atoms with Gasteiger partial charge in [0.05, 0.1) is 0 Å². The number of hydrogen-bond acceptors (Lipinski definition) is 1. The van der Waals surface area contributed by atoms with Gasteiger partial charge in [0.2, 0.25) is 5.78 Å².